The third kappa shape index (κ3) is 3.40. The lowest BCUT2D eigenvalue weighted by Crippen LogP contribution is -2.15. The van der Waals surface area contributed by atoms with E-state index in [0.29, 0.717) is 16.3 Å². The van der Waals surface area contributed by atoms with E-state index in [9.17, 15) is 8.42 Å². The number of nitrogens with zero attached hydrogens (tertiary/aromatic N) is 2. The van der Waals surface area contributed by atoms with Crippen LogP contribution in [0, 0.1) is 6.92 Å². The number of benzene rings is 1. The summed E-state index contributed by atoms with van der Waals surface area (Å²) in [4.78, 5) is 4.30. The number of imidazole rings is 1. The Balaban J connectivity index is 1.81. The Kier molecular flexibility index (Phi) is 3.80. The molecule has 3 aromatic rings. The summed E-state index contributed by atoms with van der Waals surface area (Å²) in [5, 5.41) is 0.579. The molecule has 114 valence electrons. The van der Waals surface area contributed by atoms with E-state index in [2.05, 4.69) is 9.71 Å². The van der Waals surface area contributed by atoms with Crippen molar-refractivity contribution in [1.82, 2.24) is 9.38 Å². The Morgan fingerprint density at radius 2 is 1.86 bits per heavy atom. The summed E-state index contributed by atoms with van der Waals surface area (Å²) in [5.41, 5.74) is 2.83. The van der Waals surface area contributed by atoms with Gasteiger partial charge in [0.1, 0.15) is 5.65 Å². The van der Waals surface area contributed by atoms with Gasteiger partial charge in [0.05, 0.1) is 17.1 Å². The second-order valence-corrected chi connectivity index (χ2v) is 7.21. The zero-order chi connectivity index (χ0) is 15.7. The van der Waals surface area contributed by atoms with Crippen LogP contribution in [-0.2, 0) is 15.8 Å². The highest BCUT2D eigenvalue weighted by molar-refractivity contribution is 7.91. The molecule has 0 fully saturated rings. The van der Waals surface area contributed by atoms with Crippen molar-refractivity contribution in [1.29, 1.82) is 0 Å². The minimum atomic E-state index is -3.49. The largest absolute Gasteiger partial charge is 0.305 e. The quantitative estimate of drug-likeness (QED) is 0.796. The number of pyridine rings is 1. The molecule has 2 heterocycles. The second-order valence-electron chi connectivity index (χ2n) is 5.05. The number of hydrogen-bond donors (Lipinski definition) is 1. The molecule has 0 atom stereocenters. The highest BCUT2D eigenvalue weighted by atomic mass is 35.5. The molecule has 0 saturated carbocycles. The van der Waals surface area contributed by atoms with Crippen molar-refractivity contribution < 1.29 is 8.42 Å². The minimum Gasteiger partial charge on any atom is -0.305 e. The van der Waals surface area contributed by atoms with Gasteiger partial charge in [0.15, 0.2) is 0 Å². The van der Waals surface area contributed by atoms with Crippen molar-refractivity contribution in [2.24, 2.45) is 0 Å². The molecule has 0 bridgehead atoms. The fraction of sp³-hybridized carbons (Fsp3) is 0.133. The molecule has 2 aromatic heterocycles. The summed E-state index contributed by atoms with van der Waals surface area (Å²) in [6.45, 7) is 1.89. The number of hydrogen-bond acceptors (Lipinski definition) is 3. The molecule has 0 radical (unpaired) electrons. The standard InChI is InChI=1S/C15H14ClN3O2S/c1-11-8-19-9-14(6-7-15(19)17-11)18-22(20,21)10-12-2-4-13(16)5-3-12/h2-9,18H,10H2,1H3. The van der Waals surface area contributed by atoms with Crippen LogP contribution >= 0.6 is 11.6 Å². The van der Waals surface area contributed by atoms with Crippen LogP contribution in [0.4, 0.5) is 5.69 Å². The molecule has 0 saturated heterocycles. The fourth-order valence-electron chi connectivity index (χ4n) is 2.19. The second kappa shape index (κ2) is 5.62. The van der Waals surface area contributed by atoms with Gasteiger partial charge in [-0.25, -0.2) is 13.4 Å². The van der Waals surface area contributed by atoms with Crippen molar-refractivity contribution in [2.75, 3.05) is 4.72 Å². The zero-order valence-corrected chi connectivity index (χ0v) is 13.4. The van der Waals surface area contributed by atoms with Gasteiger partial charge in [-0.1, -0.05) is 23.7 Å². The van der Waals surface area contributed by atoms with Gasteiger partial charge in [-0.05, 0) is 36.8 Å². The zero-order valence-electron chi connectivity index (χ0n) is 11.8. The number of sulfonamides is 1. The van der Waals surface area contributed by atoms with Crippen LogP contribution in [0.25, 0.3) is 5.65 Å². The van der Waals surface area contributed by atoms with Crippen LogP contribution < -0.4 is 4.72 Å². The molecule has 0 aliphatic carbocycles. The van der Waals surface area contributed by atoms with Gasteiger partial charge in [-0.2, -0.15) is 0 Å². The van der Waals surface area contributed by atoms with Gasteiger partial charge in [0.2, 0.25) is 10.0 Å². The lowest BCUT2D eigenvalue weighted by atomic mass is 10.2. The van der Waals surface area contributed by atoms with E-state index in [0.717, 1.165) is 11.3 Å². The Hall–Kier alpha value is -2.05. The highest BCUT2D eigenvalue weighted by Crippen LogP contribution is 2.16. The van der Waals surface area contributed by atoms with E-state index in [1.807, 2.05) is 13.1 Å². The van der Waals surface area contributed by atoms with E-state index in [1.54, 1.807) is 47.0 Å². The van der Waals surface area contributed by atoms with E-state index < -0.39 is 10.0 Å². The van der Waals surface area contributed by atoms with Gasteiger partial charge in [0, 0.05) is 17.4 Å². The summed E-state index contributed by atoms with van der Waals surface area (Å²) in [5.74, 6) is -0.106. The third-order valence-corrected chi connectivity index (χ3v) is 4.63. The van der Waals surface area contributed by atoms with Crippen molar-refractivity contribution in [3.05, 3.63) is 65.1 Å². The molecular formula is C15H14ClN3O2S. The third-order valence-electron chi connectivity index (χ3n) is 3.11. The van der Waals surface area contributed by atoms with E-state index in [-0.39, 0.29) is 5.75 Å². The molecule has 1 aromatic carbocycles. The topological polar surface area (TPSA) is 63.5 Å². The Morgan fingerprint density at radius 3 is 2.59 bits per heavy atom. The van der Waals surface area contributed by atoms with Gasteiger partial charge >= 0.3 is 0 Å². The van der Waals surface area contributed by atoms with Crippen LogP contribution in [0.3, 0.4) is 0 Å². The molecular weight excluding hydrogens is 322 g/mol. The normalized spacial score (nSPS) is 11.7. The number of nitrogens with one attached hydrogen (secondary N) is 1. The summed E-state index contributed by atoms with van der Waals surface area (Å²) < 4.78 is 28.8. The van der Waals surface area contributed by atoms with Crippen molar-refractivity contribution in [3.8, 4) is 0 Å². The molecule has 0 amide bonds. The maximum atomic E-state index is 12.2. The van der Waals surface area contributed by atoms with Crippen LogP contribution in [0.15, 0.2) is 48.8 Å². The molecule has 3 rings (SSSR count). The molecule has 5 nitrogen and oxygen atoms in total. The first-order chi connectivity index (χ1) is 10.4. The van der Waals surface area contributed by atoms with Crippen LogP contribution in [0.1, 0.15) is 11.3 Å². The number of aryl methyl sites for hydroxylation is 1. The van der Waals surface area contributed by atoms with Crippen LogP contribution in [0.5, 0.6) is 0 Å². The number of anilines is 1. The first-order valence-electron chi connectivity index (χ1n) is 6.62. The first-order valence-corrected chi connectivity index (χ1v) is 8.65. The monoisotopic (exact) mass is 335 g/mol. The Labute approximate surface area is 133 Å². The van der Waals surface area contributed by atoms with E-state index in [1.165, 1.54) is 0 Å². The molecule has 0 spiro atoms. The highest BCUT2D eigenvalue weighted by Gasteiger charge is 2.12. The summed E-state index contributed by atoms with van der Waals surface area (Å²) in [6.07, 6.45) is 3.54. The molecule has 0 unspecified atom stereocenters. The minimum absolute atomic E-state index is 0.106. The number of aromatic nitrogens is 2. The molecule has 0 aliphatic heterocycles. The molecule has 1 N–H and O–H groups in total. The average molecular weight is 336 g/mol. The number of fused-ring (bicyclic) bond motifs is 1. The summed E-state index contributed by atoms with van der Waals surface area (Å²) in [6, 6.07) is 10.2. The van der Waals surface area contributed by atoms with Gasteiger partial charge in [-0.15, -0.1) is 0 Å². The average Bonchev–Trinajstić information content (AvgIpc) is 2.80. The molecule has 7 heteroatoms. The van der Waals surface area contributed by atoms with Gasteiger partial charge in [-0.3, -0.25) is 4.72 Å². The number of rotatable bonds is 4. The van der Waals surface area contributed by atoms with Crippen LogP contribution in [-0.4, -0.2) is 17.8 Å². The first kappa shape index (κ1) is 14.9. The Bertz CT molecular complexity index is 918. The molecule has 0 aliphatic rings. The molecule has 22 heavy (non-hydrogen) atoms. The Morgan fingerprint density at radius 1 is 1.14 bits per heavy atom. The summed E-state index contributed by atoms with van der Waals surface area (Å²) in [7, 11) is -3.49. The number of halogens is 1. The fourth-order valence-corrected chi connectivity index (χ4v) is 3.50. The summed E-state index contributed by atoms with van der Waals surface area (Å²) >= 11 is 5.80. The SMILES string of the molecule is Cc1cn2cc(NS(=O)(=O)Cc3ccc(Cl)cc3)ccc2n1. The van der Waals surface area contributed by atoms with Crippen molar-refractivity contribution >= 4 is 33.0 Å². The van der Waals surface area contributed by atoms with Crippen molar-refractivity contribution in [2.45, 2.75) is 12.7 Å². The van der Waals surface area contributed by atoms with Crippen LogP contribution in [0.2, 0.25) is 5.02 Å². The van der Waals surface area contributed by atoms with E-state index in [4.69, 9.17) is 11.6 Å². The smallest absolute Gasteiger partial charge is 0.236 e. The van der Waals surface area contributed by atoms with E-state index >= 15 is 0 Å². The van der Waals surface area contributed by atoms with Gasteiger partial charge in [0.25, 0.3) is 0 Å². The maximum absolute atomic E-state index is 12.2. The van der Waals surface area contributed by atoms with Gasteiger partial charge < -0.3 is 4.40 Å². The lowest BCUT2D eigenvalue weighted by molar-refractivity contribution is 0.600. The predicted octanol–water partition coefficient (Wildman–Crippen LogP) is 3.24. The van der Waals surface area contributed by atoms with Crippen molar-refractivity contribution in [3.63, 3.8) is 0 Å². The predicted molar refractivity (Wildman–Crippen MR) is 87.6 cm³/mol. The lowest BCUT2D eigenvalue weighted by Gasteiger charge is -2.08. The maximum Gasteiger partial charge on any atom is 0.236 e.